The van der Waals surface area contributed by atoms with Gasteiger partial charge in [0.2, 0.25) is 5.95 Å². The summed E-state index contributed by atoms with van der Waals surface area (Å²) in [4.78, 5) is 10.9. The molecular formula is C15H12F3N7. The van der Waals surface area contributed by atoms with Gasteiger partial charge in [-0.15, -0.1) is 0 Å². The summed E-state index contributed by atoms with van der Waals surface area (Å²) in [7, 11) is 1.36. The molecule has 0 fully saturated rings. The van der Waals surface area contributed by atoms with E-state index in [0.717, 1.165) is 17.1 Å². The quantitative estimate of drug-likeness (QED) is 0.707. The van der Waals surface area contributed by atoms with Gasteiger partial charge < -0.3 is 10.6 Å². The number of rotatable bonds is 4. The molecule has 2 aromatic heterocycles. The average Bonchev–Trinajstić information content (AvgIpc) is 2.96. The largest absolute Gasteiger partial charge is 0.421 e. The summed E-state index contributed by atoms with van der Waals surface area (Å²) in [5.74, 6) is -0.294. The Hall–Kier alpha value is -3.35. The van der Waals surface area contributed by atoms with Gasteiger partial charge in [0.15, 0.2) is 0 Å². The summed E-state index contributed by atoms with van der Waals surface area (Å²) in [5, 5.41) is 10.2. The van der Waals surface area contributed by atoms with Crippen LogP contribution in [0.15, 0.2) is 30.6 Å². The number of aromatic nitrogens is 4. The molecule has 10 heteroatoms. The van der Waals surface area contributed by atoms with Crippen LogP contribution in [-0.4, -0.2) is 26.8 Å². The van der Waals surface area contributed by atoms with Crippen LogP contribution in [0.2, 0.25) is 0 Å². The fourth-order valence-corrected chi connectivity index (χ4v) is 2.30. The second-order valence-electron chi connectivity index (χ2n) is 5.05. The maximum Gasteiger partial charge on any atom is 0.421 e. The van der Waals surface area contributed by atoms with Crippen molar-refractivity contribution in [2.24, 2.45) is 0 Å². The maximum absolute atomic E-state index is 12.9. The third-order valence-corrected chi connectivity index (χ3v) is 3.44. The van der Waals surface area contributed by atoms with E-state index in [0.29, 0.717) is 5.69 Å². The Bertz CT molecular complexity index is 956. The Morgan fingerprint density at radius 1 is 1.28 bits per heavy atom. The summed E-state index contributed by atoms with van der Waals surface area (Å²) in [6.45, 7) is 7.01. The molecule has 0 saturated carbocycles. The van der Waals surface area contributed by atoms with Crippen LogP contribution in [-0.2, 0) is 12.8 Å². The minimum absolute atomic E-state index is 0.0212. The number of anilines is 3. The number of benzene rings is 1. The third kappa shape index (κ3) is 3.30. The summed E-state index contributed by atoms with van der Waals surface area (Å²) in [5.41, 5.74) is 0.355. The first-order chi connectivity index (χ1) is 11.9. The second kappa shape index (κ2) is 6.27. The Kier molecular flexibility index (Phi) is 4.14. The SMILES string of the molecule is [C-]#[N+]Cn1ncc2ccc(Nc3ncc(C(F)(F)F)c(NC)n3)cc21. The number of nitrogens with zero attached hydrogens (tertiary/aromatic N) is 5. The monoisotopic (exact) mass is 347 g/mol. The lowest BCUT2D eigenvalue weighted by Gasteiger charge is -2.13. The lowest BCUT2D eigenvalue weighted by Crippen LogP contribution is -2.12. The molecule has 0 atom stereocenters. The molecule has 1 aromatic carbocycles. The minimum Gasteiger partial charge on any atom is -0.372 e. The van der Waals surface area contributed by atoms with E-state index in [1.807, 2.05) is 0 Å². The van der Waals surface area contributed by atoms with Crippen LogP contribution in [0.1, 0.15) is 5.56 Å². The fraction of sp³-hybridized carbons (Fsp3) is 0.200. The molecule has 0 saturated heterocycles. The molecule has 3 rings (SSSR count). The number of hydrogen-bond donors (Lipinski definition) is 2. The van der Waals surface area contributed by atoms with E-state index in [4.69, 9.17) is 6.57 Å². The zero-order chi connectivity index (χ0) is 18.0. The van der Waals surface area contributed by atoms with Crippen molar-refractivity contribution in [2.75, 3.05) is 17.7 Å². The second-order valence-corrected chi connectivity index (χ2v) is 5.05. The molecule has 0 aliphatic heterocycles. The van der Waals surface area contributed by atoms with Crippen molar-refractivity contribution in [3.05, 3.63) is 47.6 Å². The van der Waals surface area contributed by atoms with E-state index < -0.39 is 11.7 Å². The van der Waals surface area contributed by atoms with Gasteiger partial charge in [0.1, 0.15) is 11.4 Å². The molecule has 128 valence electrons. The van der Waals surface area contributed by atoms with Crippen LogP contribution < -0.4 is 10.6 Å². The first-order valence-electron chi connectivity index (χ1n) is 7.10. The molecular weight excluding hydrogens is 335 g/mol. The molecule has 0 unspecified atom stereocenters. The van der Waals surface area contributed by atoms with Gasteiger partial charge in [0.25, 0.3) is 0 Å². The van der Waals surface area contributed by atoms with Crippen LogP contribution >= 0.6 is 0 Å². The van der Waals surface area contributed by atoms with Gasteiger partial charge in [0, 0.05) is 24.3 Å². The van der Waals surface area contributed by atoms with Crippen molar-refractivity contribution in [3.63, 3.8) is 0 Å². The molecule has 0 aliphatic carbocycles. The first-order valence-corrected chi connectivity index (χ1v) is 7.10. The van der Waals surface area contributed by atoms with E-state index in [2.05, 4.69) is 30.5 Å². The van der Waals surface area contributed by atoms with Gasteiger partial charge in [0.05, 0.1) is 11.7 Å². The predicted molar refractivity (Wildman–Crippen MR) is 86.2 cm³/mol. The average molecular weight is 347 g/mol. The van der Waals surface area contributed by atoms with Gasteiger partial charge in [-0.05, 0) is 18.2 Å². The molecule has 7 nitrogen and oxygen atoms in total. The molecule has 0 spiro atoms. The highest BCUT2D eigenvalue weighted by Gasteiger charge is 2.35. The molecule has 2 N–H and O–H groups in total. The Morgan fingerprint density at radius 3 is 2.76 bits per heavy atom. The highest BCUT2D eigenvalue weighted by molar-refractivity contribution is 5.83. The van der Waals surface area contributed by atoms with Gasteiger partial charge in [-0.3, -0.25) is 4.85 Å². The van der Waals surface area contributed by atoms with Crippen molar-refractivity contribution >= 4 is 28.4 Å². The topological polar surface area (TPSA) is 72.0 Å². The number of fused-ring (bicyclic) bond motifs is 1. The van der Waals surface area contributed by atoms with Crippen molar-refractivity contribution in [1.82, 2.24) is 19.7 Å². The van der Waals surface area contributed by atoms with Crippen molar-refractivity contribution in [3.8, 4) is 0 Å². The van der Waals surface area contributed by atoms with Gasteiger partial charge in [-0.25, -0.2) is 11.6 Å². The summed E-state index contributed by atoms with van der Waals surface area (Å²) < 4.78 is 40.2. The first kappa shape index (κ1) is 16.5. The maximum atomic E-state index is 12.9. The molecule has 2 heterocycles. The Labute approximate surface area is 140 Å². The molecule has 0 amide bonds. The summed E-state index contributed by atoms with van der Waals surface area (Å²) in [6, 6.07) is 5.24. The molecule has 3 aromatic rings. The van der Waals surface area contributed by atoms with Crippen molar-refractivity contribution in [2.45, 2.75) is 12.8 Å². The van der Waals surface area contributed by atoms with Crippen LogP contribution in [0.3, 0.4) is 0 Å². The Balaban J connectivity index is 1.93. The lowest BCUT2D eigenvalue weighted by atomic mass is 10.2. The third-order valence-electron chi connectivity index (χ3n) is 3.44. The van der Waals surface area contributed by atoms with E-state index in [-0.39, 0.29) is 18.4 Å². The Morgan fingerprint density at radius 2 is 2.08 bits per heavy atom. The highest BCUT2D eigenvalue weighted by atomic mass is 19.4. The molecule has 0 radical (unpaired) electrons. The zero-order valence-corrected chi connectivity index (χ0v) is 13.0. The van der Waals surface area contributed by atoms with Crippen LogP contribution in [0.25, 0.3) is 15.7 Å². The van der Waals surface area contributed by atoms with E-state index in [1.165, 1.54) is 11.7 Å². The number of nitrogens with one attached hydrogen (secondary N) is 2. The molecule has 25 heavy (non-hydrogen) atoms. The van der Waals surface area contributed by atoms with Gasteiger partial charge >= 0.3 is 12.8 Å². The fourth-order valence-electron chi connectivity index (χ4n) is 2.30. The number of alkyl halides is 3. The number of hydrogen-bond acceptors (Lipinski definition) is 5. The van der Waals surface area contributed by atoms with Gasteiger partial charge in [-0.2, -0.15) is 27.9 Å². The van der Waals surface area contributed by atoms with E-state index in [9.17, 15) is 13.2 Å². The summed E-state index contributed by atoms with van der Waals surface area (Å²) >= 11 is 0. The van der Waals surface area contributed by atoms with Crippen molar-refractivity contribution in [1.29, 1.82) is 0 Å². The lowest BCUT2D eigenvalue weighted by molar-refractivity contribution is -0.137. The van der Waals surface area contributed by atoms with E-state index >= 15 is 0 Å². The van der Waals surface area contributed by atoms with Crippen molar-refractivity contribution < 1.29 is 13.2 Å². The minimum atomic E-state index is -4.54. The normalized spacial score (nSPS) is 11.3. The van der Waals surface area contributed by atoms with Crippen LogP contribution in [0, 0.1) is 6.57 Å². The summed E-state index contributed by atoms with van der Waals surface area (Å²) in [6.07, 6.45) is -2.18. The predicted octanol–water partition coefficient (Wildman–Crippen LogP) is 3.51. The standard InChI is InChI=1S/C15H12F3N7/c1-19-8-25-12-5-10(4-3-9(12)6-22-25)23-14-21-7-11(15(16,17)18)13(20-2)24-14/h3-7H,8H2,2H3,(H2,20,21,23,24). The highest BCUT2D eigenvalue weighted by Crippen LogP contribution is 2.33. The van der Waals surface area contributed by atoms with Gasteiger partial charge in [-0.1, -0.05) is 0 Å². The molecule has 0 aliphatic rings. The van der Waals surface area contributed by atoms with E-state index in [1.54, 1.807) is 24.4 Å². The smallest absolute Gasteiger partial charge is 0.372 e. The zero-order valence-electron chi connectivity index (χ0n) is 13.0. The number of halogens is 3. The van der Waals surface area contributed by atoms with Crippen LogP contribution in [0.4, 0.5) is 30.6 Å². The molecule has 0 bridgehead atoms. The van der Waals surface area contributed by atoms with Crippen LogP contribution in [0.5, 0.6) is 0 Å².